The number of carbonyl (C=O) groups excluding carboxylic acids is 1. The minimum Gasteiger partial charge on any atom is -0.333 e. The Kier molecular flexibility index (Phi) is 5.66. The molecule has 1 aliphatic rings. The number of halogens is 1. The highest BCUT2D eigenvalue weighted by molar-refractivity contribution is 6.31. The lowest BCUT2D eigenvalue weighted by atomic mass is 10.0. The van der Waals surface area contributed by atoms with Crippen molar-refractivity contribution in [2.45, 2.75) is 52.0 Å². The van der Waals surface area contributed by atoms with E-state index in [2.05, 4.69) is 6.92 Å². The van der Waals surface area contributed by atoms with Crippen LogP contribution in [0.1, 0.15) is 57.8 Å². The molecule has 26 heavy (non-hydrogen) atoms. The number of benzene rings is 1. The first-order chi connectivity index (χ1) is 12.4. The Bertz CT molecular complexity index is 871. The second-order valence-corrected chi connectivity index (χ2v) is 7.62. The third kappa shape index (κ3) is 3.50. The number of fused-ring (bicyclic) bond motifs is 1. The third-order valence-corrected chi connectivity index (χ3v) is 5.60. The zero-order valence-corrected chi connectivity index (χ0v) is 16.4. The fourth-order valence-corrected chi connectivity index (χ4v) is 4.09. The molecule has 6 heteroatoms. The van der Waals surface area contributed by atoms with E-state index in [1.165, 1.54) is 0 Å². The van der Waals surface area contributed by atoms with Crippen LogP contribution in [-0.4, -0.2) is 26.9 Å². The minimum atomic E-state index is -0.249. The molecule has 2 aromatic rings. The van der Waals surface area contributed by atoms with Crippen molar-refractivity contribution in [3.8, 4) is 0 Å². The van der Waals surface area contributed by atoms with E-state index in [1.54, 1.807) is 29.8 Å². The quantitative estimate of drug-likeness (QED) is 0.791. The van der Waals surface area contributed by atoms with Crippen LogP contribution in [0.2, 0.25) is 5.02 Å². The summed E-state index contributed by atoms with van der Waals surface area (Å²) in [6, 6.07) is 4.89. The molecule has 1 fully saturated rings. The van der Waals surface area contributed by atoms with Gasteiger partial charge in [-0.15, -0.1) is 0 Å². The average molecular weight is 376 g/mol. The fraction of sp³-hybridized carbons (Fsp3) is 0.550. The van der Waals surface area contributed by atoms with Gasteiger partial charge in [0.2, 0.25) is 5.91 Å². The van der Waals surface area contributed by atoms with E-state index >= 15 is 0 Å². The highest BCUT2D eigenvalue weighted by atomic mass is 35.5. The topological polar surface area (TPSA) is 55.2 Å². The Morgan fingerprint density at radius 3 is 2.73 bits per heavy atom. The van der Waals surface area contributed by atoms with Crippen molar-refractivity contribution in [1.29, 1.82) is 0 Å². The molecule has 1 heterocycles. The van der Waals surface area contributed by atoms with Crippen molar-refractivity contribution in [1.82, 2.24) is 14.5 Å². The number of hydrogen-bond acceptors (Lipinski definition) is 3. The van der Waals surface area contributed by atoms with Crippen LogP contribution >= 0.6 is 11.6 Å². The number of nitrogens with zero attached hydrogens (tertiary/aromatic N) is 3. The summed E-state index contributed by atoms with van der Waals surface area (Å²) in [6.07, 6.45) is 5.05. The summed E-state index contributed by atoms with van der Waals surface area (Å²) in [5.41, 5.74) is 0.480. The highest BCUT2D eigenvalue weighted by Crippen LogP contribution is 2.30. The predicted octanol–water partition coefficient (Wildman–Crippen LogP) is 4.08. The first-order valence-electron chi connectivity index (χ1n) is 9.40. The first kappa shape index (κ1) is 18.9. The van der Waals surface area contributed by atoms with Gasteiger partial charge in [-0.2, -0.15) is 0 Å². The molecule has 0 bridgehead atoms. The molecule has 1 amide bonds. The maximum atomic E-state index is 13.0. The second-order valence-electron chi connectivity index (χ2n) is 7.18. The van der Waals surface area contributed by atoms with E-state index in [0.29, 0.717) is 28.3 Å². The molecular weight excluding hydrogens is 350 g/mol. The van der Waals surface area contributed by atoms with Crippen LogP contribution in [0.3, 0.4) is 0 Å². The smallest absolute Gasteiger partial charge is 0.261 e. The molecule has 0 aliphatic heterocycles. The summed E-state index contributed by atoms with van der Waals surface area (Å²) in [7, 11) is 1.71. The number of carbonyl (C=O) groups is 1. The SMILES string of the molecule is CCCN(C(=O)C1CCCC1)C(C)c1nc2ccc(Cl)cc2c(=O)n1C. The van der Waals surface area contributed by atoms with Crippen LogP contribution in [0.15, 0.2) is 23.0 Å². The molecule has 3 rings (SSSR count). The molecule has 1 atom stereocenters. The monoisotopic (exact) mass is 375 g/mol. The standard InChI is InChI=1S/C20H26ClN3O2/c1-4-11-24(19(25)14-7-5-6-8-14)13(2)18-22-17-10-9-15(21)12-16(17)20(26)23(18)3/h9-10,12-14H,4-8,11H2,1-3H3. The Hall–Kier alpha value is -1.88. The number of rotatable bonds is 5. The van der Waals surface area contributed by atoms with Gasteiger partial charge in [-0.3, -0.25) is 14.2 Å². The van der Waals surface area contributed by atoms with Crippen molar-refractivity contribution in [2.24, 2.45) is 13.0 Å². The molecule has 5 nitrogen and oxygen atoms in total. The molecule has 1 saturated carbocycles. The van der Waals surface area contributed by atoms with Crippen LogP contribution in [0.25, 0.3) is 10.9 Å². The molecule has 0 radical (unpaired) electrons. The van der Waals surface area contributed by atoms with Crippen LogP contribution in [0.4, 0.5) is 0 Å². The molecule has 1 aliphatic carbocycles. The van der Waals surface area contributed by atoms with E-state index in [0.717, 1.165) is 32.1 Å². The van der Waals surface area contributed by atoms with Gasteiger partial charge in [0, 0.05) is 24.5 Å². The maximum Gasteiger partial charge on any atom is 0.261 e. The van der Waals surface area contributed by atoms with Gasteiger partial charge in [-0.25, -0.2) is 4.98 Å². The maximum absolute atomic E-state index is 13.0. The Balaban J connectivity index is 2.02. The number of aromatic nitrogens is 2. The summed E-state index contributed by atoms with van der Waals surface area (Å²) in [6.45, 7) is 4.70. The van der Waals surface area contributed by atoms with E-state index in [4.69, 9.17) is 16.6 Å². The molecular formula is C20H26ClN3O2. The lowest BCUT2D eigenvalue weighted by molar-refractivity contribution is -0.137. The highest BCUT2D eigenvalue weighted by Gasteiger charge is 2.31. The zero-order chi connectivity index (χ0) is 18.8. The first-order valence-corrected chi connectivity index (χ1v) is 9.78. The molecule has 0 N–H and O–H groups in total. The molecule has 1 aromatic carbocycles. The van der Waals surface area contributed by atoms with E-state index in [1.807, 2.05) is 11.8 Å². The van der Waals surface area contributed by atoms with Gasteiger partial charge in [-0.1, -0.05) is 31.4 Å². The van der Waals surface area contributed by atoms with E-state index in [-0.39, 0.29) is 23.4 Å². The fourth-order valence-electron chi connectivity index (χ4n) is 3.92. The zero-order valence-electron chi connectivity index (χ0n) is 15.7. The van der Waals surface area contributed by atoms with E-state index < -0.39 is 0 Å². The van der Waals surface area contributed by atoms with Gasteiger partial charge in [0.25, 0.3) is 5.56 Å². The van der Waals surface area contributed by atoms with Crippen LogP contribution < -0.4 is 5.56 Å². The third-order valence-electron chi connectivity index (χ3n) is 5.37. The Morgan fingerprint density at radius 2 is 2.08 bits per heavy atom. The summed E-state index contributed by atoms with van der Waals surface area (Å²) in [4.78, 5) is 32.4. The van der Waals surface area contributed by atoms with Crippen molar-refractivity contribution in [3.05, 3.63) is 39.4 Å². The van der Waals surface area contributed by atoms with Crippen LogP contribution in [-0.2, 0) is 11.8 Å². The van der Waals surface area contributed by atoms with Crippen LogP contribution in [0.5, 0.6) is 0 Å². The summed E-state index contributed by atoms with van der Waals surface area (Å²) in [5.74, 6) is 0.923. The lowest BCUT2D eigenvalue weighted by Gasteiger charge is -2.31. The normalized spacial score (nSPS) is 16.2. The largest absolute Gasteiger partial charge is 0.333 e. The van der Waals surface area contributed by atoms with Crippen molar-refractivity contribution in [3.63, 3.8) is 0 Å². The summed E-state index contributed by atoms with van der Waals surface area (Å²) < 4.78 is 1.55. The van der Waals surface area contributed by atoms with Gasteiger partial charge < -0.3 is 4.90 Å². The Morgan fingerprint density at radius 1 is 1.38 bits per heavy atom. The predicted molar refractivity (Wildman–Crippen MR) is 104 cm³/mol. The summed E-state index contributed by atoms with van der Waals surface area (Å²) in [5, 5.41) is 1.02. The van der Waals surface area contributed by atoms with Gasteiger partial charge in [-0.05, 0) is 44.4 Å². The molecule has 140 valence electrons. The minimum absolute atomic E-state index is 0.111. The Labute approximate surface area is 159 Å². The van der Waals surface area contributed by atoms with Crippen LogP contribution in [0, 0.1) is 5.92 Å². The van der Waals surface area contributed by atoms with Crippen molar-refractivity contribution < 1.29 is 4.79 Å². The van der Waals surface area contributed by atoms with E-state index in [9.17, 15) is 9.59 Å². The summed E-state index contributed by atoms with van der Waals surface area (Å²) >= 11 is 6.02. The van der Waals surface area contributed by atoms with Crippen molar-refractivity contribution >= 4 is 28.4 Å². The second kappa shape index (κ2) is 7.78. The molecule has 0 spiro atoms. The molecule has 0 saturated heterocycles. The van der Waals surface area contributed by atoms with Crippen molar-refractivity contribution in [2.75, 3.05) is 6.54 Å². The number of amides is 1. The molecule has 1 unspecified atom stereocenters. The van der Waals surface area contributed by atoms with Gasteiger partial charge in [0.15, 0.2) is 0 Å². The lowest BCUT2D eigenvalue weighted by Crippen LogP contribution is -2.40. The number of hydrogen-bond donors (Lipinski definition) is 0. The average Bonchev–Trinajstić information content (AvgIpc) is 3.17. The van der Waals surface area contributed by atoms with Gasteiger partial charge >= 0.3 is 0 Å². The van der Waals surface area contributed by atoms with Gasteiger partial charge in [0.05, 0.1) is 16.9 Å². The van der Waals surface area contributed by atoms with Gasteiger partial charge in [0.1, 0.15) is 5.82 Å². The molecule has 1 aromatic heterocycles.